The highest BCUT2D eigenvalue weighted by Crippen LogP contribution is 2.25. The van der Waals surface area contributed by atoms with Crippen LogP contribution in [-0.4, -0.2) is 26.6 Å². The first-order valence-corrected chi connectivity index (χ1v) is 8.60. The first kappa shape index (κ1) is 16.5. The third-order valence-corrected chi connectivity index (χ3v) is 4.09. The number of rotatable bonds is 5. The Morgan fingerprint density at radius 1 is 1.09 bits per heavy atom. The lowest BCUT2D eigenvalue weighted by molar-refractivity contribution is 0.0956. The molecule has 0 atom stereocenters. The molecule has 0 unspecified atom stereocenters. The number of nitrogens with two attached hydrogens (primary N) is 1. The lowest BCUT2D eigenvalue weighted by Crippen LogP contribution is -2.31. The van der Waals surface area contributed by atoms with Crippen LogP contribution in [0, 0.1) is 0 Å². The lowest BCUT2D eigenvalue weighted by atomic mass is 10.0. The Bertz CT molecular complexity index is 777. The standard InChI is InChI=1S/C15H15ClN2O3S/c16-14-7-6-12(11-4-2-1-3-5-11)10-13(14)15(19)18-8-9-22(17,20)21/h1-7,10H,8-9H2,(H,18,19)(H2,17,20,21). The highest BCUT2D eigenvalue weighted by atomic mass is 35.5. The summed E-state index contributed by atoms with van der Waals surface area (Å²) in [7, 11) is -3.61. The van der Waals surface area contributed by atoms with Crippen molar-refractivity contribution in [1.29, 1.82) is 0 Å². The summed E-state index contributed by atoms with van der Waals surface area (Å²) in [6.45, 7) is -0.0659. The van der Waals surface area contributed by atoms with Gasteiger partial charge in [-0.05, 0) is 23.3 Å². The van der Waals surface area contributed by atoms with Gasteiger partial charge in [0.05, 0.1) is 16.3 Å². The summed E-state index contributed by atoms with van der Waals surface area (Å²) in [5.74, 6) is -0.763. The number of nitrogens with one attached hydrogen (secondary N) is 1. The molecule has 0 aromatic heterocycles. The van der Waals surface area contributed by atoms with Gasteiger partial charge in [-0.2, -0.15) is 0 Å². The maximum Gasteiger partial charge on any atom is 0.252 e. The van der Waals surface area contributed by atoms with Crippen LogP contribution in [0.2, 0.25) is 5.02 Å². The van der Waals surface area contributed by atoms with Crippen LogP contribution in [0.15, 0.2) is 48.5 Å². The fourth-order valence-corrected chi connectivity index (χ4v) is 2.50. The molecular formula is C15H15ClN2O3S. The van der Waals surface area contributed by atoms with Crippen molar-refractivity contribution in [2.24, 2.45) is 5.14 Å². The topological polar surface area (TPSA) is 89.3 Å². The van der Waals surface area contributed by atoms with E-state index in [0.29, 0.717) is 5.02 Å². The van der Waals surface area contributed by atoms with Gasteiger partial charge in [0, 0.05) is 6.54 Å². The summed E-state index contributed by atoms with van der Waals surface area (Å²) in [6.07, 6.45) is 0. The SMILES string of the molecule is NS(=O)(=O)CCNC(=O)c1cc(-c2ccccc2)ccc1Cl. The molecule has 2 aromatic rings. The van der Waals surface area contributed by atoms with Crippen LogP contribution in [0.1, 0.15) is 10.4 Å². The van der Waals surface area contributed by atoms with Gasteiger partial charge in [-0.25, -0.2) is 13.6 Å². The molecule has 2 rings (SSSR count). The number of sulfonamides is 1. The second kappa shape index (κ2) is 6.91. The number of hydrogen-bond donors (Lipinski definition) is 2. The number of primary sulfonamides is 1. The molecule has 1 amide bonds. The van der Waals surface area contributed by atoms with Crippen LogP contribution in [0.25, 0.3) is 11.1 Å². The Hall–Kier alpha value is -1.89. The van der Waals surface area contributed by atoms with Crippen molar-refractivity contribution >= 4 is 27.5 Å². The van der Waals surface area contributed by atoms with E-state index in [0.717, 1.165) is 11.1 Å². The summed E-state index contributed by atoms with van der Waals surface area (Å²) in [6, 6.07) is 14.7. The molecule has 3 N–H and O–H groups in total. The molecule has 0 saturated heterocycles. The van der Waals surface area contributed by atoms with Crippen molar-refractivity contribution in [2.75, 3.05) is 12.3 Å². The number of amides is 1. The van der Waals surface area contributed by atoms with Crippen LogP contribution >= 0.6 is 11.6 Å². The average molecular weight is 339 g/mol. The monoisotopic (exact) mass is 338 g/mol. The molecule has 0 aliphatic carbocycles. The van der Waals surface area contributed by atoms with Crippen LogP contribution in [0.3, 0.4) is 0 Å². The zero-order valence-electron chi connectivity index (χ0n) is 11.6. The predicted molar refractivity (Wildman–Crippen MR) is 87.2 cm³/mol. The number of carbonyl (C=O) groups is 1. The van der Waals surface area contributed by atoms with Gasteiger partial charge >= 0.3 is 0 Å². The van der Waals surface area contributed by atoms with Crippen LogP contribution in [0.4, 0.5) is 0 Å². The van der Waals surface area contributed by atoms with E-state index in [-0.39, 0.29) is 17.9 Å². The summed E-state index contributed by atoms with van der Waals surface area (Å²) in [4.78, 5) is 12.1. The van der Waals surface area contributed by atoms with Gasteiger partial charge in [-0.3, -0.25) is 4.79 Å². The summed E-state index contributed by atoms with van der Waals surface area (Å²) in [5.41, 5.74) is 2.09. The van der Waals surface area contributed by atoms with E-state index in [1.54, 1.807) is 12.1 Å². The minimum absolute atomic E-state index is 0.0659. The molecule has 0 heterocycles. The fourth-order valence-electron chi connectivity index (χ4n) is 1.91. The van der Waals surface area contributed by atoms with Crippen molar-refractivity contribution in [2.45, 2.75) is 0 Å². The normalized spacial score (nSPS) is 11.2. The number of benzene rings is 2. The van der Waals surface area contributed by atoms with Gasteiger partial charge in [0.25, 0.3) is 5.91 Å². The Morgan fingerprint density at radius 3 is 2.41 bits per heavy atom. The molecule has 116 valence electrons. The fraction of sp³-hybridized carbons (Fsp3) is 0.133. The van der Waals surface area contributed by atoms with E-state index < -0.39 is 15.9 Å². The highest BCUT2D eigenvalue weighted by molar-refractivity contribution is 7.89. The van der Waals surface area contributed by atoms with Crippen molar-refractivity contribution in [3.63, 3.8) is 0 Å². The van der Waals surface area contributed by atoms with Crippen molar-refractivity contribution < 1.29 is 13.2 Å². The van der Waals surface area contributed by atoms with Crippen LogP contribution in [-0.2, 0) is 10.0 Å². The zero-order chi connectivity index (χ0) is 16.2. The second-order valence-electron chi connectivity index (χ2n) is 4.68. The van der Waals surface area contributed by atoms with E-state index in [2.05, 4.69) is 5.32 Å². The van der Waals surface area contributed by atoms with Crippen molar-refractivity contribution in [3.8, 4) is 11.1 Å². The zero-order valence-corrected chi connectivity index (χ0v) is 13.2. The molecule has 0 aliphatic rings. The number of halogens is 1. The molecule has 0 radical (unpaired) electrons. The Balaban J connectivity index is 2.18. The van der Waals surface area contributed by atoms with Gasteiger partial charge in [-0.1, -0.05) is 48.0 Å². The van der Waals surface area contributed by atoms with E-state index >= 15 is 0 Å². The molecular weight excluding hydrogens is 324 g/mol. The molecule has 0 saturated carbocycles. The average Bonchev–Trinajstić information content (AvgIpc) is 2.47. The van der Waals surface area contributed by atoms with Gasteiger partial charge in [-0.15, -0.1) is 0 Å². The summed E-state index contributed by atoms with van der Waals surface area (Å²) >= 11 is 6.04. The Morgan fingerprint density at radius 2 is 1.77 bits per heavy atom. The Labute approximate surface area is 134 Å². The third kappa shape index (κ3) is 4.56. The van der Waals surface area contributed by atoms with E-state index in [9.17, 15) is 13.2 Å². The molecule has 0 fully saturated rings. The molecule has 0 bridgehead atoms. The molecule has 2 aromatic carbocycles. The van der Waals surface area contributed by atoms with E-state index in [1.165, 1.54) is 0 Å². The smallest absolute Gasteiger partial charge is 0.252 e. The second-order valence-corrected chi connectivity index (χ2v) is 6.82. The van der Waals surface area contributed by atoms with Gasteiger partial charge < -0.3 is 5.32 Å². The number of hydrogen-bond acceptors (Lipinski definition) is 3. The lowest BCUT2D eigenvalue weighted by Gasteiger charge is -2.09. The first-order chi connectivity index (χ1) is 10.4. The molecule has 0 aliphatic heterocycles. The van der Waals surface area contributed by atoms with E-state index in [4.69, 9.17) is 16.7 Å². The molecule has 5 nitrogen and oxygen atoms in total. The minimum atomic E-state index is -3.61. The van der Waals surface area contributed by atoms with Crippen LogP contribution in [0.5, 0.6) is 0 Å². The Kier molecular flexibility index (Phi) is 5.18. The van der Waals surface area contributed by atoms with Gasteiger partial charge in [0.1, 0.15) is 0 Å². The van der Waals surface area contributed by atoms with Crippen molar-refractivity contribution in [3.05, 3.63) is 59.1 Å². The van der Waals surface area contributed by atoms with Crippen molar-refractivity contribution in [1.82, 2.24) is 5.32 Å². The summed E-state index contributed by atoms with van der Waals surface area (Å²) in [5, 5.41) is 7.68. The summed E-state index contributed by atoms with van der Waals surface area (Å²) < 4.78 is 21.7. The highest BCUT2D eigenvalue weighted by Gasteiger charge is 2.12. The maximum atomic E-state index is 12.1. The largest absolute Gasteiger partial charge is 0.351 e. The molecule has 22 heavy (non-hydrogen) atoms. The quantitative estimate of drug-likeness (QED) is 0.874. The molecule has 0 spiro atoms. The predicted octanol–water partition coefficient (Wildman–Crippen LogP) is 2.03. The first-order valence-electron chi connectivity index (χ1n) is 6.50. The van der Waals surface area contributed by atoms with E-state index in [1.807, 2.05) is 36.4 Å². The van der Waals surface area contributed by atoms with Crippen LogP contribution < -0.4 is 10.5 Å². The third-order valence-electron chi connectivity index (χ3n) is 2.99. The minimum Gasteiger partial charge on any atom is -0.351 e. The maximum absolute atomic E-state index is 12.1. The van der Waals surface area contributed by atoms with Gasteiger partial charge in [0.2, 0.25) is 10.0 Å². The molecule has 7 heteroatoms. The number of carbonyl (C=O) groups excluding carboxylic acids is 1. The van der Waals surface area contributed by atoms with Gasteiger partial charge in [0.15, 0.2) is 0 Å².